The first-order chi connectivity index (χ1) is 12.7. The highest BCUT2D eigenvalue weighted by atomic mass is 16.5. The molecule has 1 aliphatic heterocycles. The molecule has 2 fully saturated rings. The minimum atomic E-state index is -0.00123. The summed E-state index contributed by atoms with van der Waals surface area (Å²) in [5.74, 6) is 1.21. The zero-order valence-corrected chi connectivity index (χ0v) is 15.0. The summed E-state index contributed by atoms with van der Waals surface area (Å²) in [6, 6.07) is 14.4. The number of nitrogens with zero attached hydrogens (tertiary/aromatic N) is 1. The van der Waals surface area contributed by atoms with Crippen LogP contribution in [0.2, 0.25) is 0 Å². The van der Waals surface area contributed by atoms with Gasteiger partial charge in [0.2, 0.25) is 5.91 Å². The number of hydrogen-bond donors (Lipinski definition) is 2. The zero-order chi connectivity index (χ0) is 17.9. The van der Waals surface area contributed by atoms with Crippen LogP contribution in [-0.4, -0.2) is 36.1 Å². The Balaban J connectivity index is 1.27. The van der Waals surface area contributed by atoms with Gasteiger partial charge in [-0.05, 0) is 24.6 Å². The van der Waals surface area contributed by atoms with Gasteiger partial charge in [0, 0.05) is 43.6 Å². The van der Waals surface area contributed by atoms with Crippen LogP contribution in [0.15, 0.2) is 48.7 Å². The molecule has 1 aromatic carbocycles. The van der Waals surface area contributed by atoms with Crippen LogP contribution in [0.5, 0.6) is 5.75 Å². The number of carbonyl (C=O) groups excluding carboxylic acids is 1. The van der Waals surface area contributed by atoms with Crippen molar-refractivity contribution in [2.45, 2.75) is 37.8 Å². The summed E-state index contributed by atoms with van der Waals surface area (Å²) in [5, 5.41) is 6.57. The van der Waals surface area contributed by atoms with Gasteiger partial charge >= 0.3 is 0 Å². The van der Waals surface area contributed by atoms with Gasteiger partial charge in [0.15, 0.2) is 0 Å². The Hall–Kier alpha value is -2.40. The van der Waals surface area contributed by atoms with E-state index in [1.807, 2.05) is 37.3 Å². The second-order valence-electron chi connectivity index (χ2n) is 7.33. The first-order valence-electron chi connectivity index (χ1n) is 9.34. The van der Waals surface area contributed by atoms with E-state index in [0.717, 1.165) is 37.4 Å². The topological polar surface area (TPSA) is 63.2 Å². The molecule has 0 spiro atoms. The van der Waals surface area contributed by atoms with Gasteiger partial charge in [-0.3, -0.25) is 9.78 Å². The molecule has 0 bridgehead atoms. The van der Waals surface area contributed by atoms with Crippen molar-refractivity contribution in [3.8, 4) is 5.75 Å². The Kier molecular flexibility index (Phi) is 4.89. The minimum absolute atomic E-state index is 0.00123. The van der Waals surface area contributed by atoms with E-state index in [9.17, 15) is 4.79 Å². The SMILES string of the molecule is Cc1ccc(OC2CC(NC(=O)[C@H]3CNC[C@@H]3c3ccccc3)C2)cn1. The summed E-state index contributed by atoms with van der Waals surface area (Å²) >= 11 is 0. The van der Waals surface area contributed by atoms with Crippen molar-refractivity contribution >= 4 is 5.91 Å². The quantitative estimate of drug-likeness (QED) is 0.868. The normalized spacial score (nSPS) is 27.6. The fraction of sp³-hybridized carbons (Fsp3) is 0.429. The minimum Gasteiger partial charge on any atom is -0.489 e. The first kappa shape index (κ1) is 17.0. The highest BCUT2D eigenvalue weighted by Gasteiger charge is 2.38. The van der Waals surface area contributed by atoms with Crippen molar-refractivity contribution in [2.24, 2.45) is 5.92 Å². The average molecular weight is 351 g/mol. The molecule has 0 unspecified atom stereocenters. The molecule has 2 heterocycles. The van der Waals surface area contributed by atoms with Crippen LogP contribution in [0.4, 0.5) is 0 Å². The van der Waals surface area contributed by atoms with Crippen LogP contribution >= 0.6 is 0 Å². The molecule has 2 aromatic rings. The smallest absolute Gasteiger partial charge is 0.225 e. The largest absolute Gasteiger partial charge is 0.489 e. The van der Waals surface area contributed by atoms with Crippen LogP contribution in [0, 0.1) is 12.8 Å². The first-order valence-corrected chi connectivity index (χ1v) is 9.34. The Morgan fingerprint density at radius 3 is 2.69 bits per heavy atom. The Morgan fingerprint density at radius 1 is 1.15 bits per heavy atom. The lowest BCUT2D eigenvalue weighted by Gasteiger charge is -2.36. The molecule has 2 atom stereocenters. The number of rotatable bonds is 5. The highest BCUT2D eigenvalue weighted by molar-refractivity contribution is 5.81. The third-order valence-electron chi connectivity index (χ3n) is 5.41. The third kappa shape index (κ3) is 3.73. The molecule has 2 N–H and O–H groups in total. The number of hydrogen-bond acceptors (Lipinski definition) is 4. The number of aromatic nitrogens is 1. The van der Waals surface area contributed by atoms with Crippen LogP contribution in [0.3, 0.4) is 0 Å². The maximum Gasteiger partial charge on any atom is 0.225 e. The van der Waals surface area contributed by atoms with Crippen LogP contribution < -0.4 is 15.4 Å². The lowest BCUT2D eigenvalue weighted by atomic mass is 9.85. The van der Waals surface area contributed by atoms with Crippen molar-refractivity contribution in [1.82, 2.24) is 15.6 Å². The van der Waals surface area contributed by atoms with Crippen molar-refractivity contribution in [1.29, 1.82) is 0 Å². The predicted molar refractivity (Wildman–Crippen MR) is 100 cm³/mol. The molecule has 1 saturated carbocycles. The Morgan fingerprint density at radius 2 is 1.96 bits per heavy atom. The van der Waals surface area contributed by atoms with Crippen LogP contribution in [0.25, 0.3) is 0 Å². The number of pyridine rings is 1. The van der Waals surface area contributed by atoms with E-state index in [2.05, 4.69) is 27.8 Å². The highest BCUT2D eigenvalue weighted by Crippen LogP contribution is 2.30. The number of aryl methyl sites for hydroxylation is 1. The number of amides is 1. The van der Waals surface area contributed by atoms with Gasteiger partial charge in [0.25, 0.3) is 0 Å². The molecule has 26 heavy (non-hydrogen) atoms. The molecule has 0 radical (unpaired) electrons. The van der Waals surface area contributed by atoms with Gasteiger partial charge in [0.05, 0.1) is 12.1 Å². The summed E-state index contributed by atoms with van der Waals surface area (Å²) in [5.41, 5.74) is 2.22. The number of benzene rings is 1. The molecule has 5 nitrogen and oxygen atoms in total. The molecule has 5 heteroatoms. The predicted octanol–water partition coefficient (Wildman–Crippen LogP) is 2.42. The van der Waals surface area contributed by atoms with Crippen molar-refractivity contribution < 1.29 is 9.53 Å². The van der Waals surface area contributed by atoms with E-state index in [-0.39, 0.29) is 29.9 Å². The van der Waals surface area contributed by atoms with E-state index >= 15 is 0 Å². The zero-order valence-electron chi connectivity index (χ0n) is 15.0. The van der Waals surface area contributed by atoms with Crippen molar-refractivity contribution in [2.75, 3.05) is 13.1 Å². The fourth-order valence-corrected chi connectivity index (χ4v) is 3.81. The average Bonchev–Trinajstić information content (AvgIpc) is 3.12. The van der Waals surface area contributed by atoms with E-state index in [1.54, 1.807) is 6.20 Å². The van der Waals surface area contributed by atoms with Gasteiger partial charge in [-0.25, -0.2) is 0 Å². The maximum atomic E-state index is 12.7. The summed E-state index contributed by atoms with van der Waals surface area (Å²) < 4.78 is 5.91. The van der Waals surface area contributed by atoms with E-state index in [0.29, 0.717) is 0 Å². The molecule has 1 amide bonds. The monoisotopic (exact) mass is 351 g/mol. The standard InChI is InChI=1S/C21H25N3O2/c1-14-7-8-17(11-23-14)26-18-9-16(10-18)24-21(25)20-13-22-12-19(20)15-5-3-2-4-6-15/h2-8,11,16,18-20,22H,9-10,12-13H2,1H3,(H,24,25)/t16?,18?,19-,20+/m1/s1. The summed E-state index contributed by atoms with van der Waals surface area (Å²) in [7, 11) is 0. The van der Waals surface area contributed by atoms with Gasteiger partial charge in [-0.15, -0.1) is 0 Å². The lowest BCUT2D eigenvalue weighted by molar-refractivity contribution is -0.126. The molecular weight excluding hydrogens is 326 g/mol. The molecule has 1 aromatic heterocycles. The maximum absolute atomic E-state index is 12.7. The summed E-state index contributed by atoms with van der Waals surface area (Å²) in [4.78, 5) is 17.0. The van der Waals surface area contributed by atoms with E-state index < -0.39 is 0 Å². The van der Waals surface area contributed by atoms with Gasteiger partial charge in [0.1, 0.15) is 11.9 Å². The number of ether oxygens (including phenoxy) is 1. The van der Waals surface area contributed by atoms with E-state index in [1.165, 1.54) is 5.56 Å². The summed E-state index contributed by atoms with van der Waals surface area (Å²) in [6.45, 7) is 3.56. The molecule has 2 aliphatic rings. The van der Waals surface area contributed by atoms with Crippen LogP contribution in [-0.2, 0) is 4.79 Å². The van der Waals surface area contributed by atoms with Crippen molar-refractivity contribution in [3.63, 3.8) is 0 Å². The van der Waals surface area contributed by atoms with Gasteiger partial charge in [-0.2, -0.15) is 0 Å². The molecular formula is C21H25N3O2. The van der Waals surface area contributed by atoms with Gasteiger partial charge in [-0.1, -0.05) is 30.3 Å². The molecule has 1 saturated heterocycles. The van der Waals surface area contributed by atoms with E-state index in [4.69, 9.17) is 4.74 Å². The fourth-order valence-electron chi connectivity index (χ4n) is 3.81. The lowest BCUT2D eigenvalue weighted by Crippen LogP contribution is -2.51. The molecule has 4 rings (SSSR count). The summed E-state index contributed by atoms with van der Waals surface area (Å²) in [6.07, 6.45) is 3.64. The number of nitrogens with one attached hydrogen (secondary N) is 2. The Labute approximate surface area is 154 Å². The van der Waals surface area contributed by atoms with Crippen LogP contribution in [0.1, 0.15) is 30.0 Å². The molecule has 1 aliphatic carbocycles. The van der Waals surface area contributed by atoms with Gasteiger partial charge < -0.3 is 15.4 Å². The third-order valence-corrected chi connectivity index (χ3v) is 5.41. The number of carbonyl (C=O) groups is 1. The molecule has 136 valence electrons. The second-order valence-corrected chi connectivity index (χ2v) is 7.33. The van der Waals surface area contributed by atoms with Crippen molar-refractivity contribution in [3.05, 3.63) is 59.9 Å². The Bertz CT molecular complexity index is 742. The second kappa shape index (κ2) is 7.46.